The molecule has 0 spiro atoms. The number of amides is 1. The Labute approximate surface area is 123 Å². The number of hydrogen-bond donors (Lipinski definition) is 3. The molecular formula is C15H22N2O4. The molecule has 0 aromatic carbocycles. The van der Waals surface area contributed by atoms with E-state index in [0.29, 0.717) is 12.3 Å². The summed E-state index contributed by atoms with van der Waals surface area (Å²) in [5, 5.41) is 11.9. The third-order valence-corrected chi connectivity index (χ3v) is 4.15. The number of nitrogens with one attached hydrogen (secondary N) is 1. The number of hydrogen-bond acceptors (Lipinski definition) is 4. The molecule has 0 unspecified atom stereocenters. The summed E-state index contributed by atoms with van der Waals surface area (Å²) in [5.41, 5.74) is 5.11. The van der Waals surface area contributed by atoms with Gasteiger partial charge in [0.25, 0.3) is 5.91 Å². The largest absolute Gasteiger partial charge is 0.481 e. The average molecular weight is 294 g/mol. The van der Waals surface area contributed by atoms with Crippen LogP contribution >= 0.6 is 0 Å². The van der Waals surface area contributed by atoms with E-state index in [1.54, 1.807) is 12.1 Å². The van der Waals surface area contributed by atoms with Crippen molar-refractivity contribution in [1.82, 2.24) is 5.32 Å². The van der Waals surface area contributed by atoms with Gasteiger partial charge in [0.05, 0.1) is 13.0 Å². The molecule has 1 fully saturated rings. The topological polar surface area (TPSA) is 106 Å². The second kappa shape index (κ2) is 6.76. The van der Waals surface area contributed by atoms with Crippen LogP contribution in [0, 0.1) is 5.41 Å². The molecule has 21 heavy (non-hydrogen) atoms. The Morgan fingerprint density at radius 1 is 1.29 bits per heavy atom. The predicted molar refractivity (Wildman–Crippen MR) is 76.7 cm³/mol. The lowest BCUT2D eigenvalue weighted by Crippen LogP contribution is -2.40. The summed E-state index contributed by atoms with van der Waals surface area (Å²) in [4.78, 5) is 23.1. The lowest BCUT2D eigenvalue weighted by molar-refractivity contribution is -0.140. The van der Waals surface area contributed by atoms with E-state index in [0.717, 1.165) is 32.1 Å². The standard InChI is InChI=1S/C15H22N2O4/c16-9-11-4-5-12(21-11)14(20)17-10-15(8-13(18)19)6-2-1-3-7-15/h4-5H,1-3,6-10,16H2,(H,17,20)(H,18,19). The monoisotopic (exact) mass is 294 g/mol. The minimum Gasteiger partial charge on any atom is -0.481 e. The smallest absolute Gasteiger partial charge is 0.303 e. The fourth-order valence-electron chi connectivity index (χ4n) is 3.00. The van der Waals surface area contributed by atoms with E-state index >= 15 is 0 Å². The number of rotatable bonds is 6. The molecule has 6 nitrogen and oxygen atoms in total. The summed E-state index contributed by atoms with van der Waals surface area (Å²) in [6.07, 6.45) is 4.94. The molecule has 0 aliphatic heterocycles. The van der Waals surface area contributed by atoms with Crippen LogP contribution in [-0.2, 0) is 11.3 Å². The molecule has 1 amide bonds. The first-order valence-corrected chi connectivity index (χ1v) is 7.33. The van der Waals surface area contributed by atoms with Crippen molar-refractivity contribution in [3.63, 3.8) is 0 Å². The third-order valence-electron chi connectivity index (χ3n) is 4.15. The van der Waals surface area contributed by atoms with Gasteiger partial charge in [-0.3, -0.25) is 9.59 Å². The average Bonchev–Trinajstić information content (AvgIpc) is 2.94. The van der Waals surface area contributed by atoms with Crippen LogP contribution in [-0.4, -0.2) is 23.5 Å². The zero-order chi connectivity index (χ0) is 15.3. The molecule has 116 valence electrons. The summed E-state index contributed by atoms with van der Waals surface area (Å²) in [5.74, 6) is -0.352. The molecule has 1 aromatic rings. The van der Waals surface area contributed by atoms with Gasteiger partial charge in [0.15, 0.2) is 5.76 Å². The second-order valence-electron chi connectivity index (χ2n) is 5.78. The van der Waals surface area contributed by atoms with Crippen molar-refractivity contribution in [2.45, 2.75) is 45.1 Å². The van der Waals surface area contributed by atoms with Crippen molar-refractivity contribution in [3.8, 4) is 0 Å². The van der Waals surface area contributed by atoms with Crippen molar-refractivity contribution in [2.24, 2.45) is 11.1 Å². The van der Waals surface area contributed by atoms with Gasteiger partial charge in [0, 0.05) is 6.54 Å². The molecule has 1 saturated carbocycles. The maximum absolute atomic E-state index is 12.1. The van der Waals surface area contributed by atoms with Crippen LogP contribution in [0.3, 0.4) is 0 Å². The number of carbonyl (C=O) groups excluding carboxylic acids is 1. The minimum atomic E-state index is -0.811. The van der Waals surface area contributed by atoms with E-state index in [2.05, 4.69) is 5.32 Å². The van der Waals surface area contributed by atoms with E-state index in [9.17, 15) is 9.59 Å². The van der Waals surface area contributed by atoms with Crippen molar-refractivity contribution in [2.75, 3.05) is 6.54 Å². The lowest BCUT2D eigenvalue weighted by Gasteiger charge is -2.36. The summed E-state index contributed by atoms with van der Waals surface area (Å²) >= 11 is 0. The number of nitrogens with two attached hydrogens (primary N) is 1. The fraction of sp³-hybridized carbons (Fsp3) is 0.600. The van der Waals surface area contributed by atoms with E-state index in [4.69, 9.17) is 15.3 Å². The molecule has 1 aliphatic carbocycles. The van der Waals surface area contributed by atoms with Gasteiger partial charge < -0.3 is 20.6 Å². The maximum Gasteiger partial charge on any atom is 0.303 e. The molecule has 4 N–H and O–H groups in total. The van der Waals surface area contributed by atoms with Crippen molar-refractivity contribution >= 4 is 11.9 Å². The highest BCUT2D eigenvalue weighted by Crippen LogP contribution is 2.38. The Morgan fingerprint density at radius 2 is 2.00 bits per heavy atom. The van der Waals surface area contributed by atoms with Crippen LogP contribution in [0.5, 0.6) is 0 Å². The van der Waals surface area contributed by atoms with E-state index in [1.165, 1.54) is 0 Å². The summed E-state index contributed by atoms with van der Waals surface area (Å²) in [6.45, 7) is 0.618. The van der Waals surface area contributed by atoms with Gasteiger partial charge in [-0.1, -0.05) is 19.3 Å². The van der Waals surface area contributed by atoms with Gasteiger partial charge in [-0.2, -0.15) is 0 Å². The first kappa shape index (κ1) is 15.6. The number of carbonyl (C=O) groups is 2. The number of aliphatic carboxylic acids is 1. The predicted octanol–water partition coefficient (Wildman–Crippen LogP) is 1.89. The normalized spacial score (nSPS) is 17.4. The van der Waals surface area contributed by atoms with Crippen LogP contribution < -0.4 is 11.1 Å². The fourth-order valence-corrected chi connectivity index (χ4v) is 3.00. The molecule has 1 heterocycles. The Hall–Kier alpha value is -1.82. The summed E-state index contributed by atoms with van der Waals surface area (Å²) in [7, 11) is 0. The zero-order valence-electron chi connectivity index (χ0n) is 12.1. The van der Waals surface area contributed by atoms with E-state index in [-0.39, 0.29) is 30.0 Å². The van der Waals surface area contributed by atoms with E-state index in [1.807, 2.05) is 0 Å². The quantitative estimate of drug-likeness (QED) is 0.743. The van der Waals surface area contributed by atoms with Crippen LogP contribution in [0.2, 0.25) is 0 Å². The molecule has 0 bridgehead atoms. The molecule has 2 rings (SSSR count). The SMILES string of the molecule is NCc1ccc(C(=O)NCC2(CC(=O)O)CCCCC2)o1. The Bertz CT molecular complexity index is 504. The van der Waals surface area contributed by atoms with Gasteiger partial charge in [-0.05, 0) is 30.4 Å². The van der Waals surface area contributed by atoms with E-state index < -0.39 is 5.97 Å². The highest BCUT2D eigenvalue weighted by atomic mass is 16.4. The Balaban J connectivity index is 1.97. The van der Waals surface area contributed by atoms with Crippen molar-refractivity contribution in [1.29, 1.82) is 0 Å². The van der Waals surface area contributed by atoms with Gasteiger partial charge >= 0.3 is 5.97 Å². The molecule has 6 heteroatoms. The number of furan rings is 1. The van der Waals surface area contributed by atoms with Crippen LogP contribution in [0.25, 0.3) is 0 Å². The van der Waals surface area contributed by atoms with Crippen molar-refractivity contribution in [3.05, 3.63) is 23.7 Å². The molecule has 1 aromatic heterocycles. The van der Waals surface area contributed by atoms with Gasteiger partial charge in [-0.25, -0.2) is 0 Å². The van der Waals surface area contributed by atoms with Crippen molar-refractivity contribution < 1.29 is 19.1 Å². The summed E-state index contributed by atoms with van der Waals surface area (Å²) < 4.78 is 5.30. The highest BCUT2D eigenvalue weighted by Gasteiger charge is 2.35. The first-order valence-electron chi connectivity index (χ1n) is 7.33. The second-order valence-corrected chi connectivity index (χ2v) is 5.78. The maximum atomic E-state index is 12.1. The van der Waals surface area contributed by atoms with Gasteiger partial charge in [-0.15, -0.1) is 0 Å². The number of carboxylic acids is 1. The lowest BCUT2D eigenvalue weighted by atomic mass is 9.71. The molecular weight excluding hydrogens is 272 g/mol. The highest BCUT2D eigenvalue weighted by molar-refractivity contribution is 5.91. The van der Waals surface area contributed by atoms with Crippen LogP contribution in [0.4, 0.5) is 0 Å². The zero-order valence-corrected chi connectivity index (χ0v) is 12.1. The molecule has 0 radical (unpaired) electrons. The van der Waals surface area contributed by atoms with Crippen LogP contribution in [0.15, 0.2) is 16.5 Å². The molecule has 0 atom stereocenters. The number of carboxylic acid groups (broad SMARTS) is 1. The minimum absolute atomic E-state index is 0.0967. The first-order chi connectivity index (χ1) is 10.0. The molecule has 1 aliphatic rings. The van der Waals surface area contributed by atoms with Crippen LogP contribution in [0.1, 0.15) is 54.8 Å². The third kappa shape index (κ3) is 4.07. The Morgan fingerprint density at radius 3 is 2.57 bits per heavy atom. The molecule has 0 saturated heterocycles. The van der Waals surface area contributed by atoms with Gasteiger partial charge in [0.1, 0.15) is 5.76 Å². The van der Waals surface area contributed by atoms with Gasteiger partial charge in [0.2, 0.25) is 0 Å². The Kier molecular flexibility index (Phi) is 5.01. The summed E-state index contributed by atoms with van der Waals surface area (Å²) in [6, 6.07) is 3.25.